The van der Waals surface area contributed by atoms with E-state index in [2.05, 4.69) is 15.9 Å². The molecule has 1 aromatic rings. The van der Waals surface area contributed by atoms with Gasteiger partial charge >= 0.3 is 0 Å². The van der Waals surface area contributed by atoms with Gasteiger partial charge in [0.2, 0.25) is 5.91 Å². The Hall–Kier alpha value is -0.900. The van der Waals surface area contributed by atoms with E-state index in [0.29, 0.717) is 18.7 Å². The summed E-state index contributed by atoms with van der Waals surface area (Å²) in [4.78, 5) is 13.4. The molecular weight excluding hydrogens is 261 g/mol. The number of benzene rings is 1. The molecule has 1 heterocycles. The van der Waals surface area contributed by atoms with Crippen molar-refractivity contribution in [3.8, 4) is 0 Å². The predicted molar refractivity (Wildman–Crippen MR) is 60.8 cm³/mol. The van der Waals surface area contributed by atoms with Crippen molar-refractivity contribution in [1.82, 2.24) is 0 Å². The van der Waals surface area contributed by atoms with Crippen LogP contribution in [0.15, 0.2) is 18.2 Å². The van der Waals surface area contributed by atoms with E-state index in [0.717, 1.165) is 5.56 Å². The first-order valence-electron chi connectivity index (χ1n) is 4.78. The number of hydrogen-bond donors (Lipinski definition) is 0. The third kappa shape index (κ3) is 2.20. The fourth-order valence-corrected chi connectivity index (χ4v) is 2.35. The Balaban J connectivity index is 2.33. The highest BCUT2D eigenvalue weighted by Crippen LogP contribution is 2.26. The van der Waals surface area contributed by atoms with Crippen molar-refractivity contribution in [1.29, 1.82) is 0 Å². The quantitative estimate of drug-likeness (QED) is 0.720. The van der Waals surface area contributed by atoms with Crippen molar-refractivity contribution in [2.24, 2.45) is 0 Å². The van der Waals surface area contributed by atoms with Crippen LogP contribution in [-0.2, 0) is 4.79 Å². The number of alkyl halides is 1. The van der Waals surface area contributed by atoms with Gasteiger partial charge in [0.1, 0.15) is 5.82 Å². The van der Waals surface area contributed by atoms with Gasteiger partial charge in [0.05, 0.1) is 0 Å². The molecule has 0 N–H and O–H groups in total. The number of nitrogens with zero attached hydrogens (tertiary/aromatic N) is 1. The lowest BCUT2D eigenvalue weighted by Gasteiger charge is -2.16. The first kappa shape index (κ1) is 10.6. The highest BCUT2D eigenvalue weighted by atomic mass is 79.9. The maximum atomic E-state index is 13.2. The third-order valence-electron chi connectivity index (χ3n) is 2.42. The highest BCUT2D eigenvalue weighted by molar-refractivity contribution is 9.09. The van der Waals surface area contributed by atoms with Crippen molar-refractivity contribution >= 4 is 27.5 Å². The van der Waals surface area contributed by atoms with Crippen LogP contribution >= 0.6 is 15.9 Å². The summed E-state index contributed by atoms with van der Waals surface area (Å²) in [6, 6.07) is 4.68. The molecule has 0 aliphatic carbocycles. The Morgan fingerprint density at radius 3 is 2.73 bits per heavy atom. The average Bonchev–Trinajstić information content (AvgIpc) is 2.43. The summed E-state index contributed by atoms with van der Waals surface area (Å²) >= 11 is 3.40. The summed E-state index contributed by atoms with van der Waals surface area (Å²) in [5.74, 6) is -0.252. The molecule has 1 aromatic carbocycles. The molecular formula is C11H11BrFNO. The SMILES string of the molecule is Cc1cc(F)cc(N2CC(Br)CC2=O)c1. The van der Waals surface area contributed by atoms with Gasteiger partial charge in [-0.1, -0.05) is 15.9 Å². The van der Waals surface area contributed by atoms with Crippen LogP contribution in [0.4, 0.5) is 10.1 Å². The van der Waals surface area contributed by atoms with E-state index in [1.54, 1.807) is 4.90 Å². The van der Waals surface area contributed by atoms with Crippen molar-refractivity contribution in [2.75, 3.05) is 11.4 Å². The topological polar surface area (TPSA) is 20.3 Å². The van der Waals surface area contributed by atoms with Crippen LogP contribution in [0.5, 0.6) is 0 Å². The summed E-state index contributed by atoms with van der Waals surface area (Å²) in [6.07, 6.45) is 0.482. The molecule has 4 heteroatoms. The van der Waals surface area contributed by atoms with Crippen LogP contribution in [-0.4, -0.2) is 17.3 Å². The lowest BCUT2D eigenvalue weighted by molar-refractivity contribution is -0.117. The normalized spacial score (nSPS) is 21.1. The van der Waals surface area contributed by atoms with Crippen LogP contribution in [0.25, 0.3) is 0 Å². The Kier molecular flexibility index (Phi) is 2.78. The largest absolute Gasteiger partial charge is 0.311 e. The predicted octanol–water partition coefficient (Wildman–Crippen LogP) is 2.63. The average molecular weight is 272 g/mol. The second kappa shape index (κ2) is 3.93. The standard InChI is InChI=1S/C11H11BrFNO/c1-7-2-9(13)5-10(3-7)14-6-8(12)4-11(14)15/h2-3,5,8H,4,6H2,1H3. The molecule has 1 saturated heterocycles. The van der Waals surface area contributed by atoms with Gasteiger partial charge in [0.25, 0.3) is 0 Å². The number of aryl methyl sites for hydroxylation is 1. The molecule has 1 unspecified atom stereocenters. The monoisotopic (exact) mass is 271 g/mol. The van der Waals surface area contributed by atoms with Gasteiger partial charge in [-0.3, -0.25) is 4.79 Å². The molecule has 1 amide bonds. The van der Waals surface area contributed by atoms with Gasteiger partial charge < -0.3 is 4.90 Å². The third-order valence-corrected chi connectivity index (χ3v) is 3.03. The summed E-state index contributed by atoms with van der Waals surface area (Å²) in [5.41, 5.74) is 1.48. The molecule has 1 aliphatic heterocycles. The first-order chi connectivity index (χ1) is 7.06. The Bertz CT molecular complexity index is 387. The fraction of sp³-hybridized carbons (Fsp3) is 0.364. The number of hydrogen-bond acceptors (Lipinski definition) is 1. The minimum Gasteiger partial charge on any atom is -0.311 e. The molecule has 2 nitrogen and oxygen atoms in total. The lowest BCUT2D eigenvalue weighted by Crippen LogP contribution is -2.24. The Morgan fingerprint density at radius 1 is 1.47 bits per heavy atom. The Labute approximate surface area is 96.2 Å². The highest BCUT2D eigenvalue weighted by Gasteiger charge is 2.28. The van der Waals surface area contributed by atoms with Gasteiger partial charge in [-0.05, 0) is 30.7 Å². The van der Waals surface area contributed by atoms with Crippen LogP contribution < -0.4 is 4.90 Å². The minimum atomic E-state index is -0.296. The number of rotatable bonds is 1. The van der Waals surface area contributed by atoms with E-state index in [1.165, 1.54) is 12.1 Å². The number of carbonyl (C=O) groups is 1. The van der Waals surface area contributed by atoms with E-state index in [1.807, 2.05) is 13.0 Å². The molecule has 2 rings (SSSR count). The summed E-state index contributed by atoms with van der Waals surface area (Å²) in [7, 11) is 0. The molecule has 0 spiro atoms. The van der Waals surface area contributed by atoms with Gasteiger partial charge in [0, 0.05) is 23.5 Å². The number of halogens is 2. The maximum Gasteiger partial charge on any atom is 0.228 e. The summed E-state index contributed by atoms with van der Waals surface area (Å²) in [5, 5.41) is 0. The molecule has 0 radical (unpaired) electrons. The molecule has 0 bridgehead atoms. The summed E-state index contributed by atoms with van der Waals surface area (Å²) < 4.78 is 13.2. The van der Waals surface area contributed by atoms with E-state index in [9.17, 15) is 9.18 Å². The lowest BCUT2D eigenvalue weighted by atomic mass is 10.2. The number of amides is 1. The van der Waals surface area contributed by atoms with Crippen LogP contribution in [0.1, 0.15) is 12.0 Å². The van der Waals surface area contributed by atoms with Gasteiger partial charge in [-0.2, -0.15) is 0 Å². The zero-order valence-electron chi connectivity index (χ0n) is 8.34. The number of anilines is 1. The second-order valence-corrected chi connectivity index (χ2v) is 5.09. The van der Waals surface area contributed by atoms with Gasteiger partial charge in [-0.25, -0.2) is 4.39 Å². The molecule has 0 saturated carbocycles. The Morgan fingerprint density at radius 2 is 2.20 bits per heavy atom. The zero-order valence-corrected chi connectivity index (χ0v) is 9.92. The van der Waals surface area contributed by atoms with Crippen molar-refractivity contribution in [3.05, 3.63) is 29.6 Å². The minimum absolute atomic E-state index is 0.0434. The van der Waals surface area contributed by atoms with E-state index < -0.39 is 0 Å². The van der Waals surface area contributed by atoms with Crippen LogP contribution in [0.3, 0.4) is 0 Å². The first-order valence-corrected chi connectivity index (χ1v) is 5.69. The van der Waals surface area contributed by atoms with E-state index >= 15 is 0 Å². The van der Waals surface area contributed by atoms with Crippen LogP contribution in [0, 0.1) is 12.7 Å². The van der Waals surface area contributed by atoms with Crippen molar-refractivity contribution in [3.63, 3.8) is 0 Å². The van der Waals surface area contributed by atoms with Crippen molar-refractivity contribution < 1.29 is 9.18 Å². The smallest absolute Gasteiger partial charge is 0.228 e. The van der Waals surface area contributed by atoms with Gasteiger partial charge in [-0.15, -0.1) is 0 Å². The second-order valence-electron chi connectivity index (χ2n) is 3.79. The van der Waals surface area contributed by atoms with E-state index in [-0.39, 0.29) is 16.6 Å². The fourth-order valence-electron chi connectivity index (χ4n) is 1.79. The van der Waals surface area contributed by atoms with Crippen molar-refractivity contribution in [2.45, 2.75) is 18.2 Å². The molecule has 15 heavy (non-hydrogen) atoms. The van der Waals surface area contributed by atoms with E-state index in [4.69, 9.17) is 0 Å². The zero-order chi connectivity index (χ0) is 11.0. The molecule has 1 aliphatic rings. The molecule has 1 fully saturated rings. The number of carbonyl (C=O) groups excluding carboxylic acids is 1. The van der Waals surface area contributed by atoms with Gasteiger partial charge in [0.15, 0.2) is 0 Å². The maximum absolute atomic E-state index is 13.2. The molecule has 0 aromatic heterocycles. The van der Waals surface area contributed by atoms with Crippen LogP contribution in [0.2, 0.25) is 0 Å². The summed E-state index contributed by atoms with van der Waals surface area (Å²) in [6.45, 7) is 2.43. The molecule has 80 valence electrons. The molecule has 1 atom stereocenters.